The van der Waals surface area contributed by atoms with Gasteiger partial charge in [0.2, 0.25) is 0 Å². The van der Waals surface area contributed by atoms with Gasteiger partial charge in [-0.1, -0.05) is 0 Å². The van der Waals surface area contributed by atoms with Crippen molar-refractivity contribution in [3.8, 4) is 0 Å². The second-order valence-corrected chi connectivity index (χ2v) is 3.00. The summed E-state index contributed by atoms with van der Waals surface area (Å²) in [4.78, 5) is 10.2. The van der Waals surface area contributed by atoms with Gasteiger partial charge >= 0.3 is 0 Å². The second kappa shape index (κ2) is 2.67. The predicted molar refractivity (Wildman–Crippen MR) is 34.4 cm³/mol. The summed E-state index contributed by atoms with van der Waals surface area (Å²) in [6.07, 6.45) is 1.57. The first-order valence-corrected chi connectivity index (χ1v) is 3.45. The fraction of sp³-hybridized carbons (Fsp3) is 0.833. The number of carbonyl (C=O) groups is 1. The van der Waals surface area contributed by atoms with Gasteiger partial charge in [0, 0.05) is 11.3 Å². The van der Waals surface area contributed by atoms with Crippen molar-refractivity contribution in [1.29, 1.82) is 0 Å². The van der Waals surface area contributed by atoms with E-state index in [-0.39, 0.29) is 17.4 Å². The maximum Gasteiger partial charge on any atom is 0.124 e. The summed E-state index contributed by atoms with van der Waals surface area (Å²) in [5, 5.41) is 8.82. The number of alkyl halides is 1. The molecule has 1 N–H and O–H groups in total. The van der Waals surface area contributed by atoms with E-state index < -0.39 is 0 Å². The molecule has 0 aliphatic heterocycles. The monoisotopic (exact) mass is 148 g/mol. The van der Waals surface area contributed by atoms with Crippen LogP contribution >= 0.6 is 11.6 Å². The molecule has 0 amide bonds. The molecule has 52 valence electrons. The van der Waals surface area contributed by atoms with E-state index in [9.17, 15) is 4.79 Å². The van der Waals surface area contributed by atoms with Crippen LogP contribution in [0.4, 0.5) is 0 Å². The minimum Gasteiger partial charge on any atom is -0.393 e. The smallest absolute Gasteiger partial charge is 0.124 e. The minimum atomic E-state index is -0.359. The van der Waals surface area contributed by atoms with Gasteiger partial charge in [-0.15, -0.1) is 11.6 Å². The lowest BCUT2D eigenvalue weighted by molar-refractivity contribution is -0.111. The molecular formula is C6H9ClO2. The van der Waals surface area contributed by atoms with Gasteiger partial charge in [0.1, 0.15) is 6.29 Å². The largest absolute Gasteiger partial charge is 0.393 e. The summed E-state index contributed by atoms with van der Waals surface area (Å²) in [5.74, 6) is -0.123. The van der Waals surface area contributed by atoms with Crippen molar-refractivity contribution in [2.75, 3.05) is 0 Å². The number of aliphatic hydroxyl groups excluding tert-OH is 1. The van der Waals surface area contributed by atoms with Gasteiger partial charge in [-0.2, -0.15) is 0 Å². The summed E-state index contributed by atoms with van der Waals surface area (Å²) >= 11 is 5.68. The Labute approximate surface area is 58.8 Å². The zero-order valence-corrected chi connectivity index (χ0v) is 5.71. The number of hydrogen-bond acceptors (Lipinski definition) is 2. The molecule has 0 bridgehead atoms. The molecule has 1 aliphatic rings. The lowest BCUT2D eigenvalue weighted by Crippen LogP contribution is -2.06. The van der Waals surface area contributed by atoms with E-state index in [1.165, 1.54) is 0 Å². The van der Waals surface area contributed by atoms with Crippen LogP contribution in [0.5, 0.6) is 0 Å². The molecule has 2 nitrogen and oxygen atoms in total. The van der Waals surface area contributed by atoms with Gasteiger partial charge in [-0.25, -0.2) is 0 Å². The van der Waals surface area contributed by atoms with Crippen molar-refractivity contribution in [2.45, 2.75) is 24.3 Å². The molecular weight excluding hydrogens is 140 g/mol. The van der Waals surface area contributed by atoms with Gasteiger partial charge in [-0.05, 0) is 12.8 Å². The Morgan fingerprint density at radius 1 is 1.56 bits per heavy atom. The fourth-order valence-electron chi connectivity index (χ4n) is 1.13. The summed E-state index contributed by atoms with van der Waals surface area (Å²) in [7, 11) is 0. The summed E-state index contributed by atoms with van der Waals surface area (Å²) < 4.78 is 0. The molecule has 1 rings (SSSR count). The predicted octanol–water partition coefficient (Wildman–Crippen LogP) is 0.564. The SMILES string of the molecule is O=CC1CC(O)CC1Cl. The molecule has 1 aliphatic carbocycles. The summed E-state index contributed by atoms with van der Waals surface area (Å²) in [6.45, 7) is 0. The van der Waals surface area contributed by atoms with Crippen molar-refractivity contribution in [2.24, 2.45) is 5.92 Å². The highest BCUT2D eigenvalue weighted by molar-refractivity contribution is 6.21. The lowest BCUT2D eigenvalue weighted by Gasteiger charge is -2.00. The van der Waals surface area contributed by atoms with Crippen molar-refractivity contribution in [3.63, 3.8) is 0 Å². The molecule has 0 heterocycles. The average Bonchev–Trinajstić information content (AvgIpc) is 2.10. The first kappa shape index (κ1) is 7.03. The first-order valence-electron chi connectivity index (χ1n) is 3.01. The highest BCUT2D eigenvalue weighted by atomic mass is 35.5. The molecule has 9 heavy (non-hydrogen) atoms. The van der Waals surface area contributed by atoms with Crippen molar-refractivity contribution in [3.05, 3.63) is 0 Å². The normalized spacial score (nSPS) is 43.1. The number of aldehydes is 1. The Bertz CT molecular complexity index is 116. The number of aliphatic hydroxyl groups is 1. The van der Waals surface area contributed by atoms with E-state index in [1.807, 2.05) is 0 Å². The third kappa shape index (κ3) is 1.43. The quantitative estimate of drug-likeness (QED) is 0.436. The molecule has 3 heteroatoms. The Kier molecular flexibility index (Phi) is 2.09. The summed E-state index contributed by atoms with van der Waals surface area (Å²) in [6, 6.07) is 0. The lowest BCUT2D eigenvalue weighted by atomic mass is 10.1. The van der Waals surface area contributed by atoms with E-state index in [4.69, 9.17) is 16.7 Å². The molecule has 0 radical (unpaired) electrons. The van der Waals surface area contributed by atoms with Crippen LogP contribution in [-0.2, 0) is 4.79 Å². The van der Waals surface area contributed by atoms with Crippen LogP contribution in [0, 0.1) is 5.92 Å². The van der Waals surface area contributed by atoms with Gasteiger partial charge in [0.15, 0.2) is 0 Å². The number of carbonyl (C=O) groups excluding carboxylic acids is 1. The van der Waals surface area contributed by atoms with Crippen molar-refractivity contribution in [1.82, 2.24) is 0 Å². The number of halogens is 1. The molecule has 3 atom stereocenters. The van der Waals surface area contributed by atoms with Crippen LogP contribution in [0.1, 0.15) is 12.8 Å². The average molecular weight is 149 g/mol. The van der Waals surface area contributed by atoms with E-state index in [0.29, 0.717) is 12.8 Å². The molecule has 0 spiro atoms. The second-order valence-electron chi connectivity index (χ2n) is 2.44. The van der Waals surface area contributed by atoms with Crippen molar-refractivity contribution < 1.29 is 9.90 Å². The minimum absolute atomic E-state index is 0.123. The van der Waals surface area contributed by atoms with Gasteiger partial charge in [0.25, 0.3) is 0 Å². The van der Waals surface area contributed by atoms with Crippen LogP contribution < -0.4 is 0 Å². The fourth-order valence-corrected chi connectivity index (χ4v) is 1.50. The van der Waals surface area contributed by atoms with Crippen LogP contribution in [0.15, 0.2) is 0 Å². The topological polar surface area (TPSA) is 37.3 Å². The van der Waals surface area contributed by atoms with Crippen LogP contribution in [0.25, 0.3) is 0 Å². The maximum atomic E-state index is 10.2. The Hall–Kier alpha value is -0.0800. The maximum absolute atomic E-state index is 10.2. The van der Waals surface area contributed by atoms with E-state index in [2.05, 4.69) is 0 Å². The summed E-state index contributed by atoms with van der Waals surface area (Å²) in [5.41, 5.74) is 0. The number of rotatable bonds is 1. The molecule has 0 aromatic heterocycles. The molecule has 0 aromatic rings. The zero-order valence-electron chi connectivity index (χ0n) is 4.96. The van der Waals surface area contributed by atoms with Gasteiger partial charge in [-0.3, -0.25) is 0 Å². The molecule has 0 saturated heterocycles. The third-order valence-corrected chi connectivity index (χ3v) is 2.18. The Morgan fingerprint density at radius 3 is 2.44 bits per heavy atom. The standard InChI is InChI=1S/C6H9ClO2/c7-6-2-5(9)1-4(6)3-8/h3-6,9H,1-2H2. The molecule has 1 saturated carbocycles. The van der Waals surface area contributed by atoms with Gasteiger partial charge < -0.3 is 9.90 Å². The Balaban J connectivity index is 2.47. The third-order valence-electron chi connectivity index (χ3n) is 1.68. The molecule has 1 fully saturated rings. The van der Waals surface area contributed by atoms with E-state index in [0.717, 1.165) is 6.29 Å². The molecule has 3 unspecified atom stereocenters. The Morgan fingerprint density at radius 2 is 2.22 bits per heavy atom. The van der Waals surface area contributed by atoms with E-state index in [1.54, 1.807) is 0 Å². The number of hydrogen-bond donors (Lipinski definition) is 1. The van der Waals surface area contributed by atoms with E-state index >= 15 is 0 Å². The van der Waals surface area contributed by atoms with Crippen molar-refractivity contribution >= 4 is 17.9 Å². The first-order chi connectivity index (χ1) is 4.24. The zero-order chi connectivity index (χ0) is 6.85. The van der Waals surface area contributed by atoms with Crippen LogP contribution in [-0.4, -0.2) is 22.9 Å². The highest BCUT2D eigenvalue weighted by Gasteiger charge is 2.31. The van der Waals surface area contributed by atoms with Gasteiger partial charge in [0.05, 0.1) is 6.10 Å². The van der Waals surface area contributed by atoms with Crippen LogP contribution in [0.2, 0.25) is 0 Å². The highest BCUT2D eigenvalue weighted by Crippen LogP contribution is 2.28. The van der Waals surface area contributed by atoms with Crippen LogP contribution in [0.3, 0.4) is 0 Å². The molecule has 0 aromatic carbocycles.